The smallest absolute Gasteiger partial charge is 0.407 e. The number of hydrogen-bond acceptors (Lipinski definition) is 4. The number of halogens is 1. The van der Waals surface area contributed by atoms with Gasteiger partial charge in [-0.2, -0.15) is 0 Å². The average molecular weight is 332 g/mol. The maximum absolute atomic E-state index is 11.6. The van der Waals surface area contributed by atoms with Crippen LogP contribution in [0, 0.1) is 5.92 Å². The Morgan fingerprint density at radius 1 is 1.29 bits per heavy atom. The average Bonchev–Trinajstić information content (AvgIpc) is 2.39. The highest BCUT2D eigenvalue weighted by Gasteiger charge is 2.31. The van der Waals surface area contributed by atoms with Crippen LogP contribution in [0.1, 0.15) is 24.8 Å². The number of rotatable bonds is 6. The topological polar surface area (TPSA) is 72.5 Å². The van der Waals surface area contributed by atoms with Gasteiger partial charge in [0, 0.05) is 16.7 Å². The molecule has 21 heavy (non-hydrogen) atoms. The van der Waals surface area contributed by atoms with E-state index < -0.39 is 15.1 Å². The van der Waals surface area contributed by atoms with Crippen LogP contribution >= 0.6 is 10.7 Å². The third kappa shape index (κ3) is 5.93. The molecule has 1 amide bonds. The number of carbonyl (C=O) groups is 1. The van der Waals surface area contributed by atoms with Gasteiger partial charge in [-0.05, 0) is 30.7 Å². The summed E-state index contributed by atoms with van der Waals surface area (Å²) in [5.41, 5.74) is 0.937. The highest BCUT2D eigenvalue weighted by molar-refractivity contribution is 8.13. The summed E-state index contributed by atoms with van der Waals surface area (Å²) in [4.78, 5) is 11.6. The lowest BCUT2D eigenvalue weighted by Gasteiger charge is -2.35. The molecular formula is C14H18ClNO4S. The van der Waals surface area contributed by atoms with Crippen molar-refractivity contribution < 1.29 is 17.9 Å². The minimum Gasteiger partial charge on any atom is -0.445 e. The zero-order valence-corrected chi connectivity index (χ0v) is 13.1. The first-order valence-corrected chi connectivity index (χ1v) is 9.30. The van der Waals surface area contributed by atoms with Crippen LogP contribution < -0.4 is 5.32 Å². The summed E-state index contributed by atoms with van der Waals surface area (Å²) in [6.45, 7) is 0.243. The second kappa shape index (κ2) is 7.13. The van der Waals surface area contributed by atoms with Gasteiger partial charge in [-0.3, -0.25) is 0 Å². The molecule has 1 aliphatic carbocycles. The molecule has 1 aromatic carbocycles. The lowest BCUT2D eigenvalue weighted by atomic mass is 9.79. The van der Waals surface area contributed by atoms with Gasteiger partial charge in [-0.25, -0.2) is 13.2 Å². The first-order chi connectivity index (χ1) is 9.92. The van der Waals surface area contributed by atoms with Crippen LogP contribution in [0.5, 0.6) is 0 Å². The van der Waals surface area contributed by atoms with Crippen LogP contribution in [-0.4, -0.2) is 26.3 Å². The fraction of sp³-hybridized carbons (Fsp3) is 0.500. The van der Waals surface area contributed by atoms with Crippen LogP contribution in [0.2, 0.25) is 0 Å². The zero-order chi connectivity index (χ0) is 15.3. The van der Waals surface area contributed by atoms with E-state index in [-0.39, 0.29) is 18.4 Å². The van der Waals surface area contributed by atoms with Crippen molar-refractivity contribution >= 4 is 25.8 Å². The molecule has 0 radical (unpaired) electrons. The van der Waals surface area contributed by atoms with Gasteiger partial charge in [-0.1, -0.05) is 30.3 Å². The standard InChI is InChI=1S/C14H18ClNO4S/c15-21(18,19)7-6-12-8-13(9-12)16-14(17)20-10-11-4-2-1-3-5-11/h1-5,12-13H,6-10H2,(H,16,17). The van der Waals surface area contributed by atoms with E-state index >= 15 is 0 Å². The predicted molar refractivity (Wildman–Crippen MR) is 80.5 cm³/mol. The fourth-order valence-corrected chi connectivity index (χ4v) is 3.21. The molecule has 0 unspecified atom stereocenters. The summed E-state index contributed by atoms with van der Waals surface area (Å²) in [6.07, 6.45) is 1.65. The van der Waals surface area contributed by atoms with Crippen molar-refractivity contribution in [3.63, 3.8) is 0 Å². The number of carbonyl (C=O) groups excluding carboxylic acids is 1. The lowest BCUT2D eigenvalue weighted by molar-refractivity contribution is 0.121. The number of alkyl carbamates (subject to hydrolysis) is 1. The number of hydrogen-bond donors (Lipinski definition) is 1. The number of amides is 1. The summed E-state index contributed by atoms with van der Waals surface area (Å²) in [7, 11) is 1.75. The van der Waals surface area contributed by atoms with Gasteiger partial charge in [0.15, 0.2) is 0 Å². The molecule has 0 aromatic heterocycles. The molecule has 1 saturated carbocycles. The van der Waals surface area contributed by atoms with E-state index in [4.69, 9.17) is 15.4 Å². The third-order valence-electron chi connectivity index (χ3n) is 3.54. The molecule has 7 heteroatoms. The van der Waals surface area contributed by atoms with Crippen LogP contribution in [0.15, 0.2) is 30.3 Å². The Bertz CT molecular complexity index is 570. The van der Waals surface area contributed by atoms with Crippen LogP contribution in [0.4, 0.5) is 4.79 Å². The first-order valence-electron chi connectivity index (χ1n) is 6.82. The van der Waals surface area contributed by atoms with Gasteiger partial charge in [-0.15, -0.1) is 0 Å². The van der Waals surface area contributed by atoms with Crippen molar-refractivity contribution in [2.24, 2.45) is 5.92 Å². The second-order valence-corrected chi connectivity index (χ2v) is 8.17. The van der Waals surface area contributed by atoms with Crippen LogP contribution in [0.25, 0.3) is 0 Å². The summed E-state index contributed by atoms with van der Waals surface area (Å²) in [5.74, 6) is 0.294. The van der Waals surface area contributed by atoms with Gasteiger partial charge >= 0.3 is 6.09 Å². The molecule has 0 saturated heterocycles. The lowest BCUT2D eigenvalue weighted by Crippen LogP contribution is -2.44. The normalized spacial score (nSPS) is 21.4. The molecule has 0 bridgehead atoms. The zero-order valence-electron chi connectivity index (χ0n) is 11.5. The monoisotopic (exact) mass is 331 g/mol. The molecule has 0 atom stereocenters. The number of benzene rings is 1. The molecule has 1 aromatic rings. The minimum absolute atomic E-state index is 0.00953. The molecule has 1 fully saturated rings. The molecule has 2 rings (SSSR count). The van der Waals surface area contributed by atoms with E-state index in [1.54, 1.807) is 0 Å². The van der Waals surface area contributed by atoms with Gasteiger partial charge in [0.25, 0.3) is 0 Å². The number of nitrogens with one attached hydrogen (secondary N) is 1. The summed E-state index contributed by atoms with van der Waals surface area (Å²) >= 11 is 0. The van der Waals surface area contributed by atoms with E-state index in [1.807, 2.05) is 30.3 Å². The van der Waals surface area contributed by atoms with Crippen molar-refractivity contribution in [1.82, 2.24) is 5.32 Å². The van der Waals surface area contributed by atoms with E-state index in [9.17, 15) is 13.2 Å². The quantitative estimate of drug-likeness (QED) is 0.813. The van der Waals surface area contributed by atoms with Crippen molar-refractivity contribution in [1.29, 1.82) is 0 Å². The Balaban J connectivity index is 1.60. The van der Waals surface area contributed by atoms with Crippen LogP contribution in [0.3, 0.4) is 0 Å². The molecule has 1 N–H and O–H groups in total. The van der Waals surface area contributed by atoms with Crippen molar-refractivity contribution in [2.45, 2.75) is 31.9 Å². The molecule has 0 aliphatic heterocycles. The second-order valence-electron chi connectivity index (χ2n) is 5.27. The van der Waals surface area contributed by atoms with E-state index in [0.29, 0.717) is 12.3 Å². The van der Waals surface area contributed by atoms with Gasteiger partial charge in [0.2, 0.25) is 9.05 Å². The van der Waals surface area contributed by atoms with E-state index in [2.05, 4.69) is 5.32 Å². The van der Waals surface area contributed by atoms with Gasteiger partial charge in [0.1, 0.15) is 6.61 Å². The fourth-order valence-electron chi connectivity index (χ4n) is 2.33. The maximum Gasteiger partial charge on any atom is 0.407 e. The van der Waals surface area contributed by atoms with Crippen LogP contribution in [-0.2, 0) is 20.4 Å². The Kier molecular flexibility index (Phi) is 5.47. The summed E-state index contributed by atoms with van der Waals surface area (Å²) in [5, 5.41) is 2.77. The first kappa shape index (κ1) is 16.1. The Hall–Kier alpha value is -1.27. The summed E-state index contributed by atoms with van der Waals surface area (Å²) < 4.78 is 26.8. The van der Waals surface area contributed by atoms with Crippen molar-refractivity contribution in [3.05, 3.63) is 35.9 Å². The van der Waals surface area contributed by atoms with Gasteiger partial charge in [0.05, 0.1) is 5.75 Å². The van der Waals surface area contributed by atoms with E-state index in [1.165, 1.54) is 0 Å². The highest BCUT2D eigenvalue weighted by Crippen LogP contribution is 2.31. The molecule has 0 heterocycles. The Labute approximate surface area is 129 Å². The Morgan fingerprint density at radius 2 is 1.95 bits per heavy atom. The molecular weight excluding hydrogens is 314 g/mol. The minimum atomic E-state index is -3.41. The molecule has 5 nitrogen and oxygen atoms in total. The predicted octanol–water partition coefficient (Wildman–Crippen LogP) is 2.65. The Morgan fingerprint density at radius 3 is 2.57 bits per heavy atom. The highest BCUT2D eigenvalue weighted by atomic mass is 35.7. The van der Waals surface area contributed by atoms with Crippen molar-refractivity contribution in [2.75, 3.05) is 5.75 Å². The molecule has 1 aliphatic rings. The summed E-state index contributed by atoms with van der Waals surface area (Å²) in [6, 6.07) is 9.52. The third-order valence-corrected chi connectivity index (χ3v) is 4.73. The molecule has 116 valence electrons. The molecule has 0 spiro atoms. The SMILES string of the molecule is O=C(NC1CC(CCS(=O)(=O)Cl)C1)OCc1ccccc1. The largest absolute Gasteiger partial charge is 0.445 e. The van der Waals surface area contributed by atoms with Crippen molar-refractivity contribution in [3.8, 4) is 0 Å². The maximum atomic E-state index is 11.6. The van der Waals surface area contributed by atoms with E-state index in [0.717, 1.165) is 18.4 Å². The number of ether oxygens (including phenoxy) is 1. The van der Waals surface area contributed by atoms with Gasteiger partial charge < -0.3 is 10.1 Å².